The Kier molecular flexibility index (Phi) is 7.00. The van der Waals surface area contributed by atoms with Crippen LogP contribution in [0.2, 0.25) is 0 Å². The van der Waals surface area contributed by atoms with Gasteiger partial charge in [-0.25, -0.2) is 5.43 Å². The quantitative estimate of drug-likeness (QED) is 0.459. The van der Waals surface area contributed by atoms with Gasteiger partial charge in [-0.15, -0.1) is 0 Å². The molecule has 5 heteroatoms. The molecule has 0 saturated heterocycles. The van der Waals surface area contributed by atoms with Gasteiger partial charge in [-0.3, -0.25) is 4.79 Å². The Morgan fingerprint density at radius 2 is 1.72 bits per heavy atom. The molecule has 1 amide bonds. The second-order valence-corrected chi connectivity index (χ2v) is 6.69. The van der Waals surface area contributed by atoms with Crippen molar-refractivity contribution >= 4 is 12.1 Å². The Morgan fingerprint density at radius 3 is 2.45 bits per heavy atom. The summed E-state index contributed by atoms with van der Waals surface area (Å²) in [5, 5.41) is 3.97. The summed E-state index contributed by atoms with van der Waals surface area (Å²) in [4.78, 5) is 11.9. The molecule has 0 saturated carbocycles. The second kappa shape index (κ2) is 10.1. The van der Waals surface area contributed by atoms with Gasteiger partial charge in [0.05, 0.1) is 6.21 Å². The Morgan fingerprint density at radius 1 is 0.966 bits per heavy atom. The van der Waals surface area contributed by atoms with E-state index in [1.54, 1.807) is 6.21 Å². The fourth-order valence-corrected chi connectivity index (χ4v) is 2.71. The molecule has 5 nitrogen and oxygen atoms in total. The van der Waals surface area contributed by atoms with Crippen LogP contribution in [0.25, 0.3) is 0 Å². The number of rotatable bonds is 8. The van der Waals surface area contributed by atoms with Crippen LogP contribution in [0.3, 0.4) is 0 Å². The summed E-state index contributed by atoms with van der Waals surface area (Å²) < 4.78 is 11.3. The highest BCUT2D eigenvalue weighted by molar-refractivity contribution is 5.83. The van der Waals surface area contributed by atoms with Crippen molar-refractivity contribution in [2.75, 3.05) is 6.61 Å². The van der Waals surface area contributed by atoms with Gasteiger partial charge >= 0.3 is 0 Å². The first-order valence-corrected chi connectivity index (χ1v) is 9.39. The van der Waals surface area contributed by atoms with E-state index in [0.29, 0.717) is 12.4 Å². The Labute approximate surface area is 171 Å². The van der Waals surface area contributed by atoms with Gasteiger partial charge in [-0.05, 0) is 60.9 Å². The minimum absolute atomic E-state index is 0.0898. The van der Waals surface area contributed by atoms with Gasteiger partial charge in [0.2, 0.25) is 0 Å². The van der Waals surface area contributed by atoms with E-state index in [9.17, 15) is 4.79 Å². The Hall–Kier alpha value is -3.60. The largest absolute Gasteiger partial charge is 0.489 e. The van der Waals surface area contributed by atoms with Crippen molar-refractivity contribution in [3.8, 4) is 11.5 Å². The smallest absolute Gasteiger partial charge is 0.277 e. The molecule has 29 heavy (non-hydrogen) atoms. The first-order valence-electron chi connectivity index (χ1n) is 9.39. The van der Waals surface area contributed by atoms with E-state index < -0.39 is 0 Å². The molecule has 1 N–H and O–H groups in total. The molecule has 0 aliphatic heterocycles. The van der Waals surface area contributed by atoms with Crippen LogP contribution in [-0.2, 0) is 11.4 Å². The van der Waals surface area contributed by atoms with Crippen LogP contribution in [0.5, 0.6) is 11.5 Å². The Balaban J connectivity index is 1.43. The monoisotopic (exact) mass is 388 g/mol. The third-order valence-electron chi connectivity index (χ3n) is 4.22. The highest BCUT2D eigenvalue weighted by Gasteiger charge is 2.04. The van der Waals surface area contributed by atoms with Gasteiger partial charge in [-0.1, -0.05) is 48.0 Å². The average Bonchev–Trinajstić information content (AvgIpc) is 2.73. The fourth-order valence-electron chi connectivity index (χ4n) is 2.71. The van der Waals surface area contributed by atoms with Crippen molar-refractivity contribution in [2.24, 2.45) is 5.10 Å². The SMILES string of the molecule is Cc1ccc(OCC(=O)N/N=C\c2ccc(OCc3ccccc3)cc2)c(C)c1. The molecule has 3 aromatic carbocycles. The van der Waals surface area contributed by atoms with Crippen LogP contribution in [0, 0.1) is 13.8 Å². The summed E-state index contributed by atoms with van der Waals surface area (Å²) in [7, 11) is 0. The molecule has 0 fully saturated rings. The molecule has 0 heterocycles. The predicted molar refractivity (Wildman–Crippen MR) is 114 cm³/mol. The summed E-state index contributed by atoms with van der Waals surface area (Å²) >= 11 is 0. The molecular weight excluding hydrogens is 364 g/mol. The number of carbonyl (C=O) groups is 1. The van der Waals surface area contributed by atoms with Crippen LogP contribution in [0.4, 0.5) is 0 Å². The van der Waals surface area contributed by atoms with E-state index >= 15 is 0 Å². The molecule has 0 aliphatic rings. The van der Waals surface area contributed by atoms with Crippen molar-refractivity contribution in [3.05, 3.63) is 95.1 Å². The van der Waals surface area contributed by atoms with Crippen LogP contribution >= 0.6 is 0 Å². The molecule has 148 valence electrons. The fraction of sp³-hybridized carbons (Fsp3) is 0.167. The maximum Gasteiger partial charge on any atom is 0.277 e. The summed E-state index contributed by atoms with van der Waals surface area (Å²) in [6.07, 6.45) is 1.58. The highest BCUT2D eigenvalue weighted by atomic mass is 16.5. The topological polar surface area (TPSA) is 59.9 Å². The number of hydrogen-bond acceptors (Lipinski definition) is 4. The van der Waals surface area contributed by atoms with Crippen LogP contribution in [0.15, 0.2) is 77.9 Å². The molecule has 0 spiro atoms. The summed E-state index contributed by atoms with van der Waals surface area (Å²) in [5.74, 6) is 1.15. The number of benzene rings is 3. The van der Waals surface area contributed by atoms with E-state index in [-0.39, 0.29) is 12.5 Å². The summed E-state index contributed by atoms with van der Waals surface area (Å²) in [5.41, 5.74) is 6.59. The van der Waals surface area contributed by atoms with Gasteiger partial charge in [0.15, 0.2) is 6.61 Å². The van der Waals surface area contributed by atoms with Crippen LogP contribution < -0.4 is 14.9 Å². The van der Waals surface area contributed by atoms with Crippen molar-refractivity contribution in [3.63, 3.8) is 0 Å². The normalized spacial score (nSPS) is 10.7. The predicted octanol–water partition coefficient (Wildman–Crippen LogP) is 4.41. The molecule has 0 atom stereocenters. The zero-order valence-electron chi connectivity index (χ0n) is 16.6. The molecule has 0 aromatic heterocycles. The standard InChI is InChI=1S/C24H24N2O3/c1-18-8-13-23(19(2)14-18)29-17-24(27)26-25-15-20-9-11-22(12-10-20)28-16-21-6-4-3-5-7-21/h3-15H,16-17H2,1-2H3,(H,26,27)/b25-15-. The highest BCUT2D eigenvalue weighted by Crippen LogP contribution is 2.18. The lowest BCUT2D eigenvalue weighted by Crippen LogP contribution is -2.24. The lowest BCUT2D eigenvalue weighted by atomic mass is 10.1. The van der Waals surface area contributed by atoms with E-state index in [1.165, 1.54) is 0 Å². The lowest BCUT2D eigenvalue weighted by molar-refractivity contribution is -0.123. The first kappa shape index (κ1) is 20.1. The summed E-state index contributed by atoms with van der Waals surface area (Å²) in [6, 6.07) is 23.3. The van der Waals surface area contributed by atoms with E-state index in [0.717, 1.165) is 28.0 Å². The van der Waals surface area contributed by atoms with Crippen LogP contribution in [0.1, 0.15) is 22.3 Å². The van der Waals surface area contributed by atoms with Gasteiger partial charge in [0.1, 0.15) is 18.1 Å². The minimum Gasteiger partial charge on any atom is -0.489 e. The lowest BCUT2D eigenvalue weighted by Gasteiger charge is -2.08. The van der Waals surface area contributed by atoms with Gasteiger partial charge in [0, 0.05) is 0 Å². The van der Waals surface area contributed by atoms with E-state index in [4.69, 9.17) is 9.47 Å². The maximum absolute atomic E-state index is 11.9. The third-order valence-corrected chi connectivity index (χ3v) is 4.22. The third kappa shape index (κ3) is 6.50. The summed E-state index contributed by atoms with van der Waals surface area (Å²) in [6.45, 7) is 4.39. The van der Waals surface area contributed by atoms with Crippen molar-refractivity contribution in [2.45, 2.75) is 20.5 Å². The molecule has 0 aliphatic carbocycles. The van der Waals surface area contributed by atoms with Crippen molar-refractivity contribution < 1.29 is 14.3 Å². The maximum atomic E-state index is 11.9. The van der Waals surface area contributed by atoms with Crippen molar-refractivity contribution in [1.29, 1.82) is 0 Å². The molecule has 0 bridgehead atoms. The minimum atomic E-state index is -0.316. The number of carbonyl (C=O) groups excluding carboxylic acids is 1. The molecule has 0 unspecified atom stereocenters. The average molecular weight is 388 g/mol. The second-order valence-electron chi connectivity index (χ2n) is 6.69. The van der Waals surface area contributed by atoms with E-state index in [2.05, 4.69) is 10.5 Å². The number of aryl methyl sites for hydroxylation is 2. The van der Waals surface area contributed by atoms with E-state index in [1.807, 2.05) is 86.6 Å². The molecule has 3 rings (SSSR count). The Bertz CT molecular complexity index is 967. The molecular formula is C24H24N2O3. The number of hydrogen-bond donors (Lipinski definition) is 1. The van der Waals surface area contributed by atoms with Gasteiger partial charge < -0.3 is 9.47 Å². The zero-order chi connectivity index (χ0) is 20.5. The molecule has 3 aromatic rings. The number of ether oxygens (including phenoxy) is 2. The molecule has 0 radical (unpaired) electrons. The number of nitrogens with one attached hydrogen (secondary N) is 1. The first-order chi connectivity index (χ1) is 14.1. The van der Waals surface area contributed by atoms with Crippen molar-refractivity contribution in [1.82, 2.24) is 5.43 Å². The number of hydrazone groups is 1. The number of nitrogens with zero attached hydrogens (tertiary/aromatic N) is 1. The number of amides is 1. The van der Waals surface area contributed by atoms with Gasteiger partial charge in [0.25, 0.3) is 5.91 Å². The zero-order valence-corrected chi connectivity index (χ0v) is 16.6. The van der Waals surface area contributed by atoms with Gasteiger partial charge in [-0.2, -0.15) is 5.10 Å². The van der Waals surface area contributed by atoms with Crippen LogP contribution in [-0.4, -0.2) is 18.7 Å².